The van der Waals surface area contributed by atoms with Crippen LogP contribution in [0.3, 0.4) is 0 Å². The highest BCUT2D eigenvalue weighted by molar-refractivity contribution is 6.01. The fourth-order valence-electron chi connectivity index (χ4n) is 3.34. The Morgan fingerprint density at radius 3 is 2.67 bits per heavy atom. The number of aliphatic hydroxyl groups excluding tert-OH is 1. The Morgan fingerprint density at radius 1 is 1.28 bits per heavy atom. The number of hydrogen-bond donors (Lipinski definition) is 1. The number of carbonyl (C=O) groups is 1. The molecule has 1 saturated carbocycles. The minimum Gasteiger partial charge on any atom is -0.494 e. The molecule has 0 radical (unpaired) electrons. The third-order valence-electron chi connectivity index (χ3n) is 4.25. The Kier molecular flexibility index (Phi) is 3.37. The van der Waals surface area contributed by atoms with Crippen LogP contribution in [0.4, 0.5) is 0 Å². The molecule has 0 spiro atoms. The van der Waals surface area contributed by atoms with Gasteiger partial charge in [-0.2, -0.15) is 0 Å². The lowest BCUT2D eigenvalue weighted by molar-refractivity contribution is -0.111. The smallest absolute Gasteiger partial charge is 0.182 e. The number of hydrogen-bond acceptors (Lipinski definition) is 3. The van der Waals surface area contributed by atoms with Crippen molar-refractivity contribution in [3.8, 4) is 0 Å². The highest BCUT2D eigenvalue weighted by atomic mass is 16.5. The van der Waals surface area contributed by atoms with Gasteiger partial charge in [-0.3, -0.25) is 4.79 Å². The summed E-state index contributed by atoms with van der Waals surface area (Å²) in [6.07, 6.45) is 6.61. The van der Waals surface area contributed by atoms with Crippen molar-refractivity contribution < 1.29 is 14.6 Å². The van der Waals surface area contributed by atoms with E-state index in [1.807, 2.05) is 0 Å². The van der Waals surface area contributed by atoms with Gasteiger partial charge in [-0.05, 0) is 36.8 Å². The SMILES string of the molecule is CC1(C)CCCC2(C)C(OCCO)=CC(=O)C=C12. The maximum atomic E-state index is 11.8. The largest absolute Gasteiger partial charge is 0.494 e. The van der Waals surface area contributed by atoms with Crippen molar-refractivity contribution in [3.63, 3.8) is 0 Å². The average Bonchev–Trinajstić information content (AvgIpc) is 2.28. The van der Waals surface area contributed by atoms with Gasteiger partial charge in [-0.15, -0.1) is 0 Å². The number of ketones is 1. The van der Waals surface area contributed by atoms with Crippen LogP contribution in [0.25, 0.3) is 0 Å². The first-order valence-corrected chi connectivity index (χ1v) is 6.62. The fraction of sp³-hybridized carbons (Fsp3) is 0.667. The predicted molar refractivity (Wildman–Crippen MR) is 69.9 cm³/mol. The van der Waals surface area contributed by atoms with Crippen molar-refractivity contribution in [2.45, 2.75) is 40.0 Å². The lowest BCUT2D eigenvalue weighted by atomic mass is 9.58. The number of rotatable bonds is 3. The lowest BCUT2D eigenvalue weighted by Crippen LogP contribution is -2.39. The molecule has 2 rings (SSSR count). The molecule has 0 aliphatic heterocycles. The maximum absolute atomic E-state index is 11.8. The van der Waals surface area contributed by atoms with Gasteiger partial charge < -0.3 is 9.84 Å². The van der Waals surface area contributed by atoms with Gasteiger partial charge in [0, 0.05) is 11.5 Å². The summed E-state index contributed by atoms with van der Waals surface area (Å²) in [4.78, 5) is 11.8. The van der Waals surface area contributed by atoms with Gasteiger partial charge in [0.1, 0.15) is 12.4 Å². The second-order valence-corrected chi connectivity index (χ2v) is 6.11. The topological polar surface area (TPSA) is 46.5 Å². The van der Waals surface area contributed by atoms with Crippen molar-refractivity contribution in [1.82, 2.24) is 0 Å². The van der Waals surface area contributed by atoms with Crippen LogP contribution < -0.4 is 0 Å². The molecule has 0 aromatic rings. The molecule has 0 bridgehead atoms. The Labute approximate surface area is 109 Å². The Hall–Kier alpha value is -1.09. The molecule has 0 saturated heterocycles. The third kappa shape index (κ3) is 2.12. The quantitative estimate of drug-likeness (QED) is 0.837. The van der Waals surface area contributed by atoms with Crippen LogP contribution in [0.1, 0.15) is 40.0 Å². The van der Waals surface area contributed by atoms with E-state index < -0.39 is 0 Å². The summed E-state index contributed by atoms with van der Waals surface area (Å²) in [5.41, 5.74) is 1.05. The van der Waals surface area contributed by atoms with Crippen LogP contribution in [0.2, 0.25) is 0 Å². The number of carbonyl (C=O) groups excluding carboxylic acids is 1. The van der Waals surface area contributed by atoms with Gasteiger partial charge in [-0.25, -0.2) is 0 Å². The van der Waals surface area contributed by atoms with E-state index in [1.165, 1.54) is 5.57 Å². The molecule has 18 heavy (non-hydrogen) atoms. The van der Waals surface area contributed by atoms with Crippen molar-refractivity contribution >= 4 is 5.78 Å². The molecule has 3 heteroatoms. The second-order valence-electron chi connectivity index (χ2n) is 6.11. The molecule has 1 N–H and O–H groups in total. The van der Waals surface area contributed by atoms with E-state index in [0.717, 1.165) is 25.0 Å². The van der Waals surface area contributed by atoms with Gasteiger partial charge in [0.15, 0.2) is 5.78 Å². The van der Waals surface area contributed by atoms with Crippen molar-refractivity contribution in [2.75, 3.05) is 13.2 Å². The number of ether oxygens (including phenoxy) is 1. The molecule has 2 aliphatic rings. The van der Waals surface area contributed by atoms with Crippen LogP contribution in [-0.4, -0.2) is 24.1 Å². The standard InChI is InChI=1S/C15H22O3/c1-14(2)5-4-6-15(3)12(14)9-11(17)10-13(15)18-8-7-16/h9-10,16H,4-8H2,1-3H3. The van der Waals surface area contributed by atoms with E-state index in [2.05, 4.69) is 20.8 Å². The second kappa shape index (κ2) is 4.54. The van der Waals surface area contributed by atoms with Crippen LogP contribution in [0.15, 0.2) is 23.5 Å². The van der Waals surface area contributed by atoms with Gasteiger partial charge in [0.25, 0.3) is 0 Å². The fourth-order valence-corrected chi connectivity index (χ4v) is 3.34. The van der Waals surface area contributed by atoms with Crippen molar-refractivity contribution in [3.05, 3.63) is 23.5 Å². The van der Waals surface area contributed by atoms with Crippen LogP contribution in [0, 0.1) is 10.8 Å². The third-order valence-corrected chi connectivity index (χ3v) is 4.25. The summed E-state index contributed by atoms with van der Waals surface area (Å²) < 4.78 is 5.62. The van der Waals surface area contributed by atoms with Crippen LogP contribution in [0.5, 0.6) is 0 Å². The van der Waals surface area contributed by atoms with Crippen molar-refractivity contribution in [2.24, 2.45) is 10.8 Å². The first kappa shape index (κ1) is 13.3. The van der Waals surface area contributed by atoms with Gasteiger partial charge in [-0.1, -0.05) is 20.3 Å². The molecule has 0 aromatic carbocycles. The first-order chi connectivity index (χ1) is 8.40. The maximum Gasteiger partial charge on any atom is 0.182 e. The highest BCUT2D eigenvalue weighted by Crippen LogP contribution is 2.55. The predicted octanol–water partition coefficient (Wildman–Crippen LogP) is 2.60. The van der Waals surface area contributed by atoms with E-state index in [-0.39, 0.29) is 29.8 Å². The summed E-state index contributed by atoms with van der Waals surface area (Å²) in [7, 11) is 0. The molecule has 0 aromatic heterocycles. The molecule has 1 unspecified atom stereocenters. The number of allylic oxidation sites excluding steroid dienone is 3. The summed E-state index contributed by atoms with van der Waals surface area (Å²) in [6, 6.07) is 0. The Morgan fingerprint density at radius 2 is 2.00 bits per heavy atom. The minimum atomic E-state index is -0.176. The van der Waals surface area contributed by atoms with Gasteiger partial charge >= 0.3 is 0 Å². The first-order valence-electron chi connectivity index (χ1n) is 6.62. The minimum absolute atomic E-state index is 0.00499. The molecular formula is C15H22O3. The van der Waals surface area contributed by atoms with E-state index in [9.17, 15) is 4.79 Å². The normalized spacial score (nSPS) is 30.3. The molecular weight excluding hydrogens is 228 g/mol. The zero-order valence-corrected chi connectivity index (χ0v) is 11.5. The monoisotopic (exact) mass is 250 g/mol. The van der Waals surface area contributed by atoms with E-state index in [0.29, 0.717) is 0 Å². The molecule has 0 amide bonds. The highest BCUT2D eigenvalue weighted by Gasteiger charge is 2.47. The summed E-state index contributed by atoms with van der Waals surface area (Å²) in [5.74, 6) is 0.734. The Balaban J connectivity index is 2.37. The molecule has 0 heterocycles. The lowest BCUT2D eigenvalue weighted by Gasteiger charge is -2.47. The molecule has 100 valence electrons. The Bertz CT molecular complexity index is 417. The zero-order chi connectivity index (χ0) is 13.4. The summed E-state index contributed by atoms with van der Waals surface area (Å²) in [6.45, 7) is 6.76. The van der Waals surface area contributed by atoms with Gasteiger partial charge in [0.05, 0.1) is 6.61 Å². The molecule has 1 atom stereocenters. The average molecular weight is 250 g/mol. The van der Waals surface area contributed by atoms with Crippen LogP contribution in [-0.2, 0) is 9.53 Å². The summed E-state index contributed by atoms with van der Waals surface area (Å²) in [5, 5.41) is 8.89. The molecule has 3 nitrogen and oxygen atoms in total. The van der Waals surface area contributed by atoms with Crippen LogP contribution >= 0.6 is 0 Å². The molecule has 1 fully saturated rings. The summed E-state index contributed by atoms with van der Waals surface area (Å²) >= 11 is 0. The van der Waals surface area contributed by atoms with Crippen molar-refractivity contribution in [1.29, 1.82) is 0 Å². The zero-order valence-electron chi connectivity index (χ0n) is 11.5. The number of aliphatic hydroxyl groups is 1. The van der Waals surface area contributed by atoms with E-state index in [4.69, 9.17) is 9.84 Å². The van der Waals surface area contributed by atoms with Gasteiger partial charge in [0.2, 0.25) is 0 Å². The van der Waals surface area contributed by atoms with E-state index >= 15 is 0 Å². The van der Waals surface area contributed by atoms with E-state index in [1.54, 1.807) is 12.2 Å². The number of fused-ring (bicyclic) bond motifs is 1. The molecule has 2 aliphatic carbocycles.